The Bertz CT molecular complexity index is 1280. The number of aromatic nitrogens is 3. The largest absolute Gasteiger partial charge is 0.465 e. The summed E-state index contributed by atoms with van der Waals surface area (Å²) in [4.78, 5) is 36.3. The fraction of sp³-hybridized carbons (Fsp3) is 0.370. The van der Waals surface area contributed by atoms with Crippen LogP contribution in [-0.2, 0) is 11.2 Å². The van der Waals surface area contributed by atoms with E-state index in [9.17, 15) is 4.79 Å². The molecule has 0 bridgehead atoms. The van der Waals surface area contributed by atoms with Gasteiger partial charge in [0.05, 0.1) is 12.8 Å². The maximum Gasteiger partial charge on any atom is 0.234 e. The smallest absolute Gasteiger partial charge is 0.234 e. The number of nitrogens with zero attached hydrogens (tertiary/aromatic N) is 6. The van der Waals surface area contributed by atoms with E-state index >= 15 is 0 Å². The summed E-state index contributed by atoms with van der Waals surface area (Å²) in [6.45, 7) is 6.19. The van der Waals surface area contributed by atoms with Gasteiger partial charge in [0.15, 0.2) is 5.16 Å². The highest BCUT2D eigenvalue weighted by Crippen LogP contribution is 2.28. The molecule has 3 aromatic rings. The topological polar surface area (TPSA) is 99.8 Å². The number of hydrogen-bond acceptors (Lipinski definition) is 10. The average molecular weight is 518 g/mol. The summed E-state index contributed by atoms with van der Waals surface area (Å²) in [7, 11) is 2.12. The zero-order chi connectivity index (χ0) is 25.6. The Kier molecular flexibility index (Phi) is 7.96. The van der Waals surface area contributed by atoms with Gasteiger partial charge in [-0.3, -0.25) is 9.79 Å². The third-order valence-corrected chi connectivity index (χ3v) is 7.13. The fourth-order valence-corrected chi connectivity index (χ4v) is 4.94. The molecule has 1 aromatic carbocycles. The first-order valence-corrected chi connectivity index (χ1v) is 13.4. The van der Waals surface area contributed by atoms with Crippen LogP contribution >= 0.6 is 11.8 Å². The number of hydrogen-bond donors (Lipinski definition) is 1. The van der Waals surface area contributed by atoms with Crippen molar-refractivity contribution < 1.29 is 9.21 Å². The number of nitrogens with one attached hydrogen (secondary N) is 1. The zero-order valence-electron chi connectivity index (χ0n) is 21.2. The molecule has 0 spiro atoms. The van der Waals surface area contributed by atoms with Crippen LogP contribution in [0.2, 0.25) is 0 Å². The van der Waals surface area contributed by atoms with E-state index in [1.54, 1.807) is 6.26 Å². The molecule has 0 radical (unpaired) electrons. The molecular weight excluding hydrogens is 486 g/mol. The number of aliphatic imine (C=N–C) groups is 1. The lowest BCUT2D eigenvalue weighted by Gasteiger charge is -2.32. The van der Waals surface area contributed by atoms with Gasteiger partial charge in [-0.25, -0.2) is 0 Å². The van der Waals surface area contributed by atoms with Crippen LogP contribution in [0.3, 0.4) is 0 Å². The summed E-state index contributed by atoms with van der Waals surface area (Å²) in [6.07, 6.45) is 5.60. The minimum Gasteiger partial charge on any atom is -0.465 e. The predicted molar refractivity (Wildman–Crippen MR) is 146 cm³/mol. The molecule has 9 nitrogen and oxygen atoms in total. The molecule has 2 aromatic heterocycles. The molecule has 2 aliphatic rings. The molecule has 10 heteroatoms. The molecule has 0 unspecified atom stereocenters. The number of ketones is 1. The summed E-state index contributed by atoms with van der Waals surface area (Å²) in [6, 6.07) is 11.8. The Morgan fingerprint density at radius 1 is 1.08 bits per heavy atom. The first-order chi connectivity index (χ1) is 18.1. The maximum atomic E-state index is 12.0. The normalized spacial score (nSPS) is 16.0. The van der Waals surface area contributed by atoms with Crippen LogP contribution < -0.4 is 10.2 Å². The van der Waals surface area contributed by atoms with E-state index in [0.29, 0.717) is 42.3 Å². The Morgan fingerprint density at radius 2 is 1.89 bits per heavy atom. The van der Waals surface area contributed by atoms with Crippen molar-refractivity contribution in [3.63, 3.8) is 0 Å². The standard InChI is InChI=1S/C27H31N7O2S/c1-3-5-21(35)16-19-7-9-22(10-8-19)37-27-31-25(30-26(32-27)34-13-11-33(2)12-14-34)29-24-17-20(18-28-24)23-6-4-15-36-23/h4,6-10,15,17H,3,5,11-14,16,18H2,1-2H3,(H,28,29,30,31,32). The van der Waals surface area contributed by atoms with Crippen molar-refractivity contribution in [2.75, 3.05) is 50.0 Å². The number of piperazine rings is 1. The minimum atomic E-state index is 0.270. The molecule has 1 N–H and O–H groups in total. The van der Waals surface area contributed by atoms with E-state index in [1.165, 1.54) is 11.8 Å². The first kappa shape index (κ1) is 25.2. The Balaban J connectivity index is 1.34. The van der Waals surface area contributed by atoms with E-state index in [4.69, 9.17) is 14.4 Å². The Morgan fingerprint density at radius 3 is 2.62 bits per heavy atom. The van der Waals surface area contributed by atoms with Crippen molar-refractivity contribution >= 4 is 40.9 Å². The fourth-order valence-electron chi connectivity index (χ4n) is 4.20. The summed E-state index contributed by atoms with van der Waals surface area (Å²) in [5.41, 5.74) is 2.03. The quantitative estimate of drug-likeness (QED) is 0.448. The highest BCUT2D eigenvalue weighted by atomic mass is 32.2. The van der Waals surface area contributed by atoms with Gasteiger partial charge in [0.25, 0.3) is 0 Å². The van der Waals surface area contributed by atoms with Gasteiger partial charge in [-0.1, -0.05) is 19.1 Å². The molecule has 0 amide bonds. The van der Waals surface area contributed by atoms with E-state index in [1.807, 2.05) is 49.4 Å². The van der Waals surface area contributed by atoms with Gasteiger partial charge in [-0.05, 0) is 61.1 Å². The monoisotopic (exact) mass is 517 g/mol. The highest BCUT2D eigenvalue weighted by molar-refractivity contribution is 7.99. The van der Waals surface area contributed by atoms with Gasteiger partial charge in [-0.15, -0.1) is 0 Å². The summed E-state index contributed by atoms with van der Waals surface area (Å²) in [5, 5.41) is 3.88. The summed E-state index contributed by atoms with van der Waals surface area (Å²) in [5.74, 6) is 2.89. The van der Waals surface area contributed by atoms with Gasteiger partial charge in [0.1, 0.15) is 17.4 Å². The Labute approximate surface area is 221 Å². The van der Waals surface area contributed by atoms with Crippen LogP contribution in [0, 0.1) is 0 Å². The molecule has 192 valence electrons. The number of rotatable bonds is 9. The Hall–Kier alpha value is -3.50. The molecule has 0 atom stereocenters. The molecule has 5 rings (SSSR count). The van der Waals surface area contributed by atoms with Crippen LogP contribution in [0.5, 0.6) is 0 Å². The first-order valence-electron chi connectivity index (χ1n) is 12.6. The number of amidine groups is 1. The van der Waals surface area contributed by atoms with Gasteiger partial charge in [-0.2, -0.15) is 15.0 Å². The zero-order valence-corrected chi connectivity index (χ0v) is 22.0. The van der Waals surface area contributed by atoms with Gasteiger partial charge >= 0.3 is 0 Å². The van der Waals surface area contributed by atoms with Gasteiger partial charge in [0, 0.05) is 49.5 Å². The van der Waals surface area contributed by atoms with Crippen LogP contribution in [0.4, 0.5) is 11.9 Å². The van der Waals surface area contributed by atoms with E-state index in [2.05, 4.69) is 32.1 Å². The number of benzene rings is 1. The van der Waals surface area contributed by atoms with Crippen molar-refractivity contribution in [3.05, 3.63) is 60.1 Å². The SMILES string of the molecule is CCCC(=O)Cc1ccc(Sc2nc(NC3=NCC(c4ccco4)=C3)nc(N3CCN(C)CC3)n2)cc1. The lowest BCUT2D eigenvalue weighted by Crippen LogP contribution is -2.45. The maximum absolute atomic E-state index is 12.0. The van der Waals surface area contributed by atoms with Crippen molar-refractivity contribution in [1.82, 2.24) is 19.9 Å². The number of likely N-dealkylation sites (N-methyl/N-ethyl adjacent to an activating group) is 1. The summed E-state index contributed by atoms with van der Waals surface area (Å²) < 4.78 is 5.51. The van der Waals surface area contributed by atoms with Crippen LogP contribution in [0.25, 0.3) is 5.57 Å². The molecule has 2 aliphatic heterocycles. The molecule has 37 heavy (non-hydrogen) atoms. The van der Waals surface area contributed by atoms with Crippen molar-refractivity contribution in [2.45, 2.75) is 36.2 Å². The second-order valence-corrected chi connectivity index (χ2v) is 10.3. The molecule has 1 saturated heterocycles. The van der Waals surface area contributed by atoms with Crippen molar-refractivity contribution in [2.24, 2.45) is 4.99 Å². The second kappa shape index (κ2) is 11.7. The van der Waals surface area contributed by atoms with Gasteiger partial charge in [0.2, 0.25) is 11.9 Å². The number of Topliss-reactive ketones (excluding diaryl/α,β-unsaturated/α-hetero) is 1. The minimum absolute atomic E-state index is 0.270. The van der Waals surface area contributed by atoms with E-state index in [-0.39, 0.29) is 5.78 Å². The third-order valence-electron chi connectivity index (χ3n) is 6.26. The predicted octanol–water partition coefficient (Wildman–Crippen LogP) is 4.19. The molecule has 1 fully saturated rings. The molecule has 4 heterocycles. The van der Waals surface area contributed by atoms with Crippen molar-refractivity contribution in [1.29, 1.82) is 0 Å². The molecule has 0 saturated carbocycles. The number of carbonyl (C=O) groups excluding carboxylic acids is 1. The van der Waals surface area contributed by atoms with Crippen LogP contribution in [-0.4, -0.2) is 71.2 Å². The van der Waals surface area contributed by atoms with E-state index in [0.717, 1.165) is 54.4 Å². The second-order valence-electron chi connectivity index (χ2n) is 9.22. The molecule has 0 aliphatic carbocycles. The van der Waals surface area contributed by atoms with Crippen molar-refractivity contribution in [3.8, 4) is 0 Å². The lowest BCUT2D eigenvalue weighted by atomic mass is 10.1. The van der Waals surface area contributed by atoms with Crippen LogP contribution in [0.15, 0.2) is 68.2 Å². The highest BCUT2D eigenvalue weighted by Gasteiger charge is 2.20. The lowest BCUT2D eigenvalue weighted by molar-refractivity contribution is -0.118. The number of anilines is 2. The van der Waals surface area contributed by atoms with E-state index < -0.39 is 0 Å². The molecular formula is C27H31N7O2S. The van der Waals surface area contributed by atoms with Crippen LogP contribution in [0.1, 0.15) is 31.1 Å². The summed E-state index contributed by atoms with van der Waals surface area (Å²) >= 11 is 1.48. The van der Waals surface area contributed by atoms with Gasteiger partial charge < -0.3 is 19.5 Å². The number of carbonyl (C=O) groups is 1. The number of furan rings is 1. The average Bonchev–Trinajstić information content (AvgIpc) is 3.58. The third kappa shape index (κ3) is 6.64.